The zero-order chi connectivity index (χ0) is 12.1. The van der Waals surface area contributed by atoms with Crippen LogP contribution < -0.4 is 5.32 Å². The predicted molar refractivity (Wildman–Crippen MR) is 51.8 cm³/mol. The summed E-state index contributed by atoms with van der Waals surface area (Å²) in [5, 5.41) is 23.0. The van der Waals surface area contributed by atoms with E-state index in [1.165, 1.54) is 6.20 Å². The van der Waals surface area contributed by atoms with E-state index >= 15 is 0 Å². The van der Waals surface area contributed by atoms with Gasteiger partial charge in [-0.2, -0.15) is 0 Å². The minimum Gasteiger partial charge on any atom is -0.480 e. The lowest BCUT2D eigenvalue weighted by Crippen LogP contribution is -2.41. The monoisotopic (exact) mass is 228 g/mol. The first-order valence-corrected chi connectivity index (χ1v) is 4.62. The molecule has 0 saturated carbocycles. The number of hydrogen-bond donors (Lipinski definition) is 3. The Balaban J connectivity index is 2.69. The minimum atomic E-state index is -1.21. The number of aliphatic carboxylic acids is 1. The van der Waals surface area contributed by atoms with Crippen molar-refractivity contribution in [2.75, 3.05) is 6.61 Å². The fourth-order valence-corrected chi connectivity index (χ4v) is 1.12. The predicted octanol–water partition coefficient (Wildman–Crippen LogP) is -0.452. The summed E-state index contributed by atoms with van der Waals surface area (Å²) in [6.07, 6.45) is 1.30. The van der Waals surface area contributed by atoms with E-state index in [0.29, 0.717) is 5.56 Å². The van der Waals surface area contributed by atoms with Gasteiger partial charge in [0.2, 0.25) is 5.76 Å². The number of aliphatic hydroxyl groups is 1. The molecule has 1 rings (SSSR count). The summed E-state index contributed by atoms with van der Waals surface area (Å²) < 4.78 is 4.67. The Morgan fingerprint density at radius 2 is 2.31 bits per heavy atom. The standard InChI is InChI=1S/C9H12N2O5/c1-5-4-10-16-7(5)8(13)11-6(2-3-12)9(14)15/h4,6,12H,2-3H2,1H3,(H,11,13)(H,14,15)/t6-/m1/s1. The molecular formula is C9H12N2O5. The van der Waals surface area contributed by atoms with Crippen molar-refractivity contribution >= 4 is 11.9 Å². The van der Waals surface area contributed by atoms with E-state index < -0.39 is 17.9 Å². The average molecular weight is 228 g/mol. The van der Waals surface area contributed by atoms with Crippen LogP contribution in [-0.2, 0) is 4.79 Å². The van der Waals surface area contributed by atoms with E-state index in [1.54, 1.807) is 6.92 Å². The molecule has 0 aliphatic carbocycles. The Labute approximate surface area is 91.0 Å². The lowest BCUT2D eigenvalue weighted by Gasteiger charge is -2.11. The van der Waals surface area contributed by atoms with Crippen molar-refractivity contribution in [2.45, 2.75) is 19.4 Å². The fraction of sp³-hybridized carbons (Fsp3) is 0.444. The Hall–Kier alpha value is -1.89. The number of carboxylic acids is 1. The van der Waals surface area contributed by atoms with Gasteiger partial charge < -0.3 is 20.1 Å². The summed E-state index contributed by atoms with van der Waals surface area (Å²) >= 11 is 0. The summed E-state index contributed by atoms with van der Waals surface area (Å²) in [7, 11) is 0. The third-order valence-electron chi connectivity index (χ3n) is 1.98. The number of carbonyl (C=O) groups excluding carboxylic acids is 1. The van der Waals surface area contributed by atoms with Gasteiger partial charge in [0.1, 0.15) is 6.04 Å². The molecule has 0 spiro atoms. The first-order valence-electron chi connectivity index (χ1n) is 4.62. The molecule has 1 atom stereocenters. The van der Waals surface area contributed by atoms with E-state index in [-0.39, 0.29) is 18.8 Å². The van der Waals surface area contributed by atoms with Gasteiger partial charge in [0.15, 0.2) is 0 Å². The third-order valence-corrected chi connectivity index (χ3v) is 1.98. The second-order valence-corrected chi connectivity index (χ2v) is 3.21. The van der Waals surface area contributed by atoms with Gasteiger partial charge in [-0.05, 0) is 6.92 Å². The first kappa shape index (κ1) is 12.2. The maximum absolute atomic E-state index is 11.5. The second-order valence-electron chi connectivity index (χ2n) is 3.21. The lowest BCUT2D eigenvalue weighted by atomic mass is 10.2. The number of carboxylic acid groups (broad SMARTS) is 1. The van der Waals surface area contributed by atoms with Crippen LogP contribution in [0.15, 0.2) is 10.7 Å². The van der Waals surface area contributed by atoms with Crippen LogP contribution in [-0.4, -0.2) is 39.9 Å². The van der Waals surface area contributed by atoms with Gasteiger partial charge in [0.05, 0.1) is 6.20 Å². The quantitative estimate of drug-likeness (QED) is 0.629. The molecule has 7 nitrogen and oxygen atoms in total. The molecule has 1 aromatic rings. The van der Waals surface area contributed by atoms with Gasteiger partial charge >= 0.3 is 5.97 Å². The number of aliphatic hydroxyl groups excluding tert-OH is 1. The van der Waals surface area contributed by atoms with Crippen LogP contribution in [0.2, 0.25) is 0 Å². The maximum Gasteiger partial charge on any atom is 0.326 e. The van der Waals surface area contributed by atoms with Crippen LogP contribution in [0.3, 0.4) is 0 Å². The van der Waals surface area contributed by atoms with Crippen LogP contribution in [0.25, 0.3) is 0 Å². The average Bonchev–Trinajstić information content (AvgIpc) is 2.63. The van der Waals surface area contributed by atoms with Crippen LogP contribution in [0.4, 0.5) is 0 Å². The van der Waals surface area contributed by atoms with Gasteiger partial charge in [-0.25, -0.2) is 4.79 Å². The van der Waals surface area contributed by atoms with E-state index in [4.69, 9.17) is 10.2 Å². The van der Waals surface area contributed by atoms with Gasteiger partial charge in [0.25, 0.3) is 5.91 Å². The molecule has 0 saturated heterocycles. The van der Waals surface area contributed by atoms with E-state index in [0.717, 1.165) is 0 Å². The highest BCUT2D eigenvalue weighted by Gasteiger charge is 2.22. The van der Waals surface area contributed by atoms with Crippen molar-refractivity contribution < 1.29 is 24.3 Å². The number of aromatic nitrogens is 1. The lowest BCUT2D eigenvalue weighted by molar-refractivity contribution is -0.139. The SMILES string of the molecule is Cc1cnoc1C(=O)N[C@H](CCO)C(=O)O. The number of nitrogens with one attached hydrogen (secondary N) is 1. The number of nitrogens with zero attached hydrogens (tertiary/aromatic N) is 1. The molecule has 0 aliphatic rings. The maximum atomic E-state index is 11.5. The van der Waals surface area contributed by atoms with Crippen molar-refractivity contribution in [2.24, 2.45) is 0 Å². The smallest absolute Gasteiger partial charge is 0.326 e. The van der Waals surface area contributed by atoms with Gasteiger partial charge in [-0.15, -0.1) is 0 Å². The first-order chi connectivity index (χ1) is 7.56. The van der Waals surface area contributed by atoms with Crippen molar-refractivity contribution in [1.29, 1.82) is 0 Å². The molecule has 0 aliphatic heterocycles. The summed E-state index contributed by atoms with van der Waals surface area (Å²) in [6, 6.07) is -1.14. The van der Waals surface area contributed by atoms with Gasteiger partial charge in [0, 0.05) is 18.6 Å². The van der Waals surface area contributed by atoms with E-state index in [9.17, 15) is 9.59 Å². The molecule has 0 fully saturated rings. The molecule has 0 unspecified atom stereocenters. The topological polar surface area (TPSA) is 113 Å². The van der Waals surface area contributed by atoms with E-state index in [1.807, 2.05) is 0 Å². The Morgan fingerprint density at radius 1 is 1.62 bits per heavy atom. The van der Waals surface area contributed by atoms with E-state index in [2.05, 4.69) is 15.0 Å². The van der Waals surface area contributed by atoms with Crippen molar-refractivity contribution in [1.82, 2.24) is 10.5 Å². The molecule has 0 bridgehead atoms. The summed E-state index contributed by atoms with van der Waals surface area (Å²) in [4.78, 5) is 22.2. The van der Waals surface area contributed by atoms with Gasteiger partial charge in [-0.3, -0.25) is 4.79 Å². The number of rotatable bonds is 5. The highest BCUT2D eigenvalue weighted by molar-refractivity contribution is 5.95. The second kappa shape index (κ2) is 5.26. The summed E-state index contributed by atoms with van der Waals surface area (Å²) in [6.45, 7) is 1.29. The Kier molecular flexibility index (Phi) is 4.01. The van der Waals surface area contributed by atoms with Crippen molar-refractivity contribution in [3.05, 3.63) is 17.5 Å². The zero-order valence-electron chi connectivity index (χ0n) is 8.64. The molecule has 88 valence electrons. The largest absolute Gasteiger partial charge is 0.480 e. The summed E-state index contributed by atoms with van der Waals surface area (Å²) in [5.41, 5.74) is 0.519. The fourth-order valence-electron chi connectivity index (χ4n) is 1.12. The normalized spacial score (nSPS) is 12.1. The van der Waals surface area contributed by atoms with Crippen LogP contribution in [0, 0.1) is 6.92 Å². The molecule has 16 heavy (non-hydrogen) atoms. The highest BCUT2D eigenvalue weighted by Crippen LogP contribution is 2.06. The molecule has 0 radical (unpaired) electrons. The molecular weight excluding hydrogens is 216 g/mol. The van der Waals surface area contributed by atoms with Crippen molar-refractivity contribution in [3.8, 4) is 0 Å². The minimum absolute atomic E-state index is 0.0239. The number of aryl methyl sites for hydroxylation is 1. The van der Waals surface area contributed by atoms with Crippen LogP contribution in [0.1, 0.15) is 22.5 Å². The van der Waals surface area contributed by atoms with Crippen LogP contribution >= 0.6 is 0 Å². The highest BCUT2D eigenvalue weighted by atomic mass is 16.5. The molecule has 3 N–H and O–H groups in total. The molecule has 1 amide bonds. The van der Waals surface area contributed by atoms with Crippen molar-refractivity contribution in [3.63, 3.8) is 0 Å². The number of carbonyl (C=O) groups is 2. The number of amides is 1. The molecule has 1 aromatic heterocycles. The molecule has 7 heteroatoms. The number of hydrogen-bond acceptors (Lipinski definition) is 5. The Morgan fingerprint density at radius 3 is 2.75 bits per heavy atom. The molecule has 1 heterocycles. The summed E-state index contributed by atoms with van der Waals surface area (Å²) in [5.74, 6) is -1.89. The molecule has 0 aromatic carbocycles. The van der Waals surface area contributed by atoms with Crippen LogP contribution in [0.5, 0.6) is 0 Å². The third kappa shape index (κ3) is 2.80. The Bertz CT molecular complexity index is 387. The van der Waals surface area contributed by atoms with Gasteiger partial charge in [-0.1, -0.05) is 5.16 Å². The zero-order valence-corrected chi connectivity index (χ0v) is 8.64.